The number of hydrogen-bond acceptors (Lipinski definition) is 4. The molecule has 1 unspecified atom stereocenters. The van der Waals surface area contributed by atoms with Crippen molar-refractivity contribution >= 4 is 15.7 Å². The van der Waals surface area contributed by atoms with Crippen LogP contribution >= 0.6 is 0 Å². The second-order valence-electron chi connectivity index (χ2n) is 5.43. The molecule has 0 bridgehead atoms. The molecule has 1 heterocycles. The Kier molecular flexibility index (Phi) is 3.59. The fraction of sp³-hybridized carbons (Fsp3) is 0.538. The van der Waals surface area contributed by atoms with Gasteiger partial charge in [0.2, 0.25) is 10.0 Å². The van der Waals surface area contributed by atoms with E-state index in [1.807, 2.05) is 0 Å². The van der Waals surface area contributed by atoms with Crippen LogP contribution in [0.2, 0.25) is 0 Å². The number of nitrogens with zero attached hydrogens (tertiary/aromatic N) is 1. The van der Waals surface area contributed by atoms with Gasteiger partial charge in [-0.05, 0) is 38.3 Å². The topological polar surface area (TPSA) is 83.6 Å². The summed E-state index contributed by atoms with van der Waals surface area (Å²) in [5.41, 5.74) is 5.73. The third-order valence-corrected chi connectivity index (χ3v) is 5.55. The fourth-order valence-electron chi connectivity index (χ4n) is 2.54. The minimum atomic E-state index is -3.65. The van der Waals surface area contributed by atoms with Crippen LogP contribution in [0.25, 0.3) is 0 Å². The van der Waals surface area contributed by atoms with Gasteiger partial charge in [-0.15, -0.1) is 0 Å². The van der Waals surface area contributed by atoms with Crippen molar-refractivity contribution in [3.8, 4) is 0 Å². The monoisotopic (exact) mass is 284 g/mol. The molecule has 0 spiro atoms. The summed E-state index contributed by atoms with van der Waals surface area (Å²) >= 11 is 0. The minimum absolute atomic E-state index is 0.114. The highest BCUT2D eigenvalue weighted by Gasteiger charge is 2.36. The molecule has 0 aliphatic carbocycles. The number of hydrogen-bond donors (Lipinski definition) is 2. The summed E-state index contributed by atoms with van der Waals surface area (Å²) in [6.45, 7) is 3.93. The summed E-state index contributed by atoms with van der Waals surface area (Å²) in [5, 5.41) is 10.1. The normalized spacial score (nSPS) is 25.4. The maximum absolute atomic E-state index is 12.7. The van der Waals surface area contributed by atoms with E-state index in [2.05, 4.69) is 0 Å². The number of aryl methyl sites for hydroxylation is 1. The van der Waals surface area contributed by atoms with Gasteiger partial charge in [0.1, 0.15) is 4.90 Å². The van der Waals surface area contributed by atoms with Crippen molar-refractivity contribution in [2.45, 2.75) is 37.2 Å². The van der Waals surface area contributed by atoms with Gasteiger partial charge in [0, 0.05) is 13.1 Å². The molecule has 5 nitrogen and oxygen atoms in total. The summed E-state index contributed by atoms with van der Waals surface area (Å²) in [4.78, 5) is 0.160. The van der Waals surface area contributed by atoms with Crippen molar-refractivity contribution in [1.82, 2.24) is 4.31 Å². The van der Waals surface area contributed by atoms with Crippen molar-refractivity contribution in [3.05, 3.63) is 23.8 Å². The van der Waals surface area contributed by atoms with Gasteiger partial charge in [-0.25, -0.2) is 8.42 Å². The van der Waals surface area contributed by atoms with Gasteiger partial charge in [-0.1, -0.05) is 12.1 Å². The lowest BCUT2D eigenvalue weighted by atomic mass is 9.97. The molecule has 1 atom stereocenters. The van der Waals surface area contributed by atoms with Gasteiger partial charge >= 0.3 is 0 Å². The molecule has 2 rings (SSSR count). The van der Waals surface area contributed by atoms with Crippen LogP contribution in [0.15, 0.2) is 23.1 Å². The molecule has 0 saturated carbocycles. The van der Waals surface area contributed by atoms with Crippen molar-refractivity contribution in [3.63, 3.8) is 0 Å². The first-order chi connectivity index (χ1) is 8.74. The average Bonchev–Trinajstić information content (AvgIpc) is 2.27. The summed E-state index contributed by atoms with van der Waals surface area (Å²) in [6.07, 6.45) is 1.26. The Balaban J connectivity index is 2.43. The minimum Gasteiger partial charge on any atom is -0.398 e. The maximum atomic E-state index is 12.7. The molecule has 0 aromatic heterocycles. The van der Waals surface area contributed by atoms with Gasteiger partial charge in [-0.3, -0.25) is 0 Å². The number of nitrogens with two attached hydrogens (primary N) is 1. The molecule has 0 amide bonds. The Labute approximate surface area is 114 Å². The Hall–Kier alpha value is -1.11. The zero-order chi connectivity index (χ0) is 14.3. The molecule has 3 N–H and O–H groups in total. The van der Waals surface area contributed by atoms with Crippen LogP contribution in [-0.4, -0.2) is 36.5 Å². The number of nitrogen functional groups attached to an aromatic ring is 1. The molecule has 1 aromatic rings. The van der Waals surface area contributed by atoms with E-state index in [4.69, 9.17) is 5.73 Å². The van der Waals surface area contributed by atoms with Crippen LogP contribution in [0.4, 0.5) is 5.69 Å². The molecule has 1 aromatic carbocycles. The molecule has 1 saturated heterocycles. The van der Waals surface area contributed by atoms with Gasteiger partial charge in [0.15, 0.2) is 0 Å². The van der Waals surface area contributed by atoms with E-state index in [-0.39, 0.29) is 17.1 Å². The number of piperidine rings is 1. The number of sulfonamides is 1. The van der Waals surface area contributed by atoms with E-state index in [0.717, 1.165) is 0 Å². The Bertz CT molecular complexity index is 561. The smallest absolute Gasteiger partial charge is 0.245 e. The summed E-state index contributed by atoms with van der Waals surface area (Å²) in [6, 6.07) is 5.04. The van der Waals surface area contributed by atoms with Crippen LogP contribution in [-0.2, 0) is 10.0 Å². The molecule has 6 heteroatoms. The quantitative estimate of drug-likeness (QED) is 0.797. The Morgan fingerprint density at radius 1 is 1.42 bits per heavy atom. The van der Waals surface area contributed by atoms with E-state index < -0.39 is 15.6 Å². The highest BCUT2D eigenvalue weighted by atomic mass is 32.2. The van der Waals surface area contributed by atoms with Crippen LogP contribution in [0.3, 0.4) is 0 Å². The van der Waals surface area contributed by atoms with E-state index in [0.29, 0.717) is 24.9 Å². The molecule has 106 valence electrons. The molecular weight excluding hydrogens is 264 g/mol. The highest BCUT2D eigenvalue weighted by molar-refractivity contribution is 7.89. The van der Waals surface area contributed by atoms with Crippen LogP contribution in [0.5, 0.6) is 0 Å². The standard InChI is InChI=1S/C13H20N2O3S/c1-10-5-3-6-11(14)12(10)19(17,18)15-8-4-7-13(2,16)9-15/h3,5-6,16H,4,7-9,14H2,1-2H3. The van der Waals surface area contributed by atoms with Crippen molar-refractivity contribution in [1.29, 1.82) is 0 Å². The first-order valence-corrected chi connectivity index (χ1v) is 7.76. The zero-order valence-corrected chi connectivity index (χ0v) is 12.1. The predicted molar refractivity (Wildman–Crippen MR) is 74.2 cm³/mol. The van der Waals surface area contributed by atoms with Gasteiger partial charge in [0.05, 0.1) is 11.3 Å². The maximum Gasteiger partial charge on any atom is 0.245 e. The molecular formula is C13H20N2O3S. The van der Waals surface area contributed by atoms with Crippen LogP contribution in [0.1, 0.15) is 25.3 Å². The largest absolute Gasteiger partial charge is 0.398 e. The number of benzene rings is 1. The second-order valence-corrected chi connectivity index (χ2v) is 7.31. The zero-order valence-electron chi connectivity index (χ0n) is 11.3. The van der Waals surface area contributed by atoms with E-state index in [1.54, 1.807) is 32.0 Å². The van der Waals surface area contributed by atoms with E-state index >= 15 is 0 Å². The first-order valence-electron chi connectivity index (χ1n) is 6.32. The Morgan fingerprint density at radius 3 is 2.68 bits per heavy atom. The van der Waals surface area contributed by atoms with Gasteiger partial charge in [-0.2, -0.15) is 4.31 Å². The Morgan fingerprint density at radius 2 is 2.11 bits per heavy atom. The van der Waals surface area contributed by atoms with E-state index in [9.17, 15) is 13.5 Å². The van der Waals surface area contributed by atoms with Gasteiger partial charge in [0.25, 0.3) is 0 Å². The fourth-order valence-corrected chi connectivity index (χ4v) is 4.45. The lowest BCUT2D eigenvalue weighted by Crippen LogP contribution is -2.48. The third kappa shape index (κ3) is 2.75. The summed E-state index contributed by atoms with van der Waals surface area (Å²) in [5.74, 6) is 0. The summed E-state index contributed by atoms with van der Waals surface area (Å²) in [7, 11) is -3.65. The van der Waals surface area contributed by atoms with Gasteiger partial charge < -0.3 is 10.8 Å². The van der Waals surface area contributed by atoms with Crippen molar-refractivity contribution in [2.75, 3.05) is 18.8 Å². The van der Waals surface area contributed by atoms with Crippen molar-refractivity contribution in [2.24, 2.45) is 0 Å². The first kappa shape index (κ1) is 14.3. The SMILES string of the molecule is Cc1cccc(N)c1S(=O)(=O)N1CCCC(C)(O)C1. The molecule has 1 aliphatic heterocycles. The molecule has 19 heavy (non-hydrogen) atoms. The third-order valence-electron chi connectivity index (χ3n) is 3.48. The van der Waals surface area contributed by atoms with E-state index in [1.165, 1.54) is 4.31 Å². The number of β-amino-alcohol motifs (C(OH)–C–C–N with tert-alkyl or cyclic N) is 1. The lowest BCUT2D eigenvalue weighted by Gasteiger charge is -2.36. The van der Waals surface area contributed by atoms with Crippen LogP contribution in [0, 0.1) is 6.92 Å². The summed E-state index contributed by atoms with van der Waals surface area (Å²) < 4.78 is 26.6. The number of aliphatic hydroxyl groups is 1. The number of rotatable bonds is 2. The lowest BCUT2D eigenvalue weighted by molar-refractivity contribution is 0.00940. The second kappa shape index (κ2) is 4.77. The van der Waals surface area contributed by atoms with Crippen LogP contribution < -0.4 is 5.73 Å². The highest BCUT2D eigenvalue weighted by Crippen LogP contribution is 2.30. The molecule has 1 fully saturated rings. The molecule has 1 aliphatic rings. The molecule has 0 radical (unpaired) electrons. The number of anilines is 1. The predicted octanol–water partition coefficient (Wildman–Crippen LogP) is 1.11. The average molecular weight is 284 g/mol. The van der Waals surface area contributed by atoms with Crippen molar-refractivity contribution < 1.29 is 13.5 Å².